The Bertz CT molecular complexity index is 268. The van der Waals surface area contributed by atoms with Crippen molar-refractivity contribution in [2.45, 2.75) is 0 Å². The third kappa shape index (κ3) is 1.67. The number of nitrogens with two attached hydrogens (primary N) is 1. The minimum absolute atomic E-state index is 0.318. The summed E-state index contributed by atoms with van der Waals surface area (Å²) in [5.74, 6) is 6.16. The number of nitrogen functional groups attached to an aromatic ring is 1. The van der Waals surface area contributed by atoms with E-state index in [4.69, 9.17) is 17.3 Å². The lowest BCUT2D eigenvalue weighted by Gasteiger charge is -1.72. The Morgan fingerprint density at radius 1 is 1.80 bits per heavy atom. The molecule has 0 radical (unpaired) electrons. The molecule has 0 bridgehead atoms. The van der Waals surface area contributed by atoms with E-state index in [2.05, 4.69) is 22.0 Å². The maximum Gasteiger partial charge on any atom is 0.146 e. The molecule has 0 aliphatic rings. The smallest absolute Gasteiger partial charge is 0.146 e. The quantitative estimate of drug-likeness (QED) is 0.426. The Hall–Kier alpha value is -1.14. The average Bonchev–Trinajstić information content (AvgIpc) is 2.31. The van der Waals surface area contributed by atoms with Crippen LogP contribution in [0.5, 0.6) is 0 Å². The number of aromatic nitrogens is 2. The number of hydrogen-bond donors (Lipinski definition) is 2. The van der Waals surface area contributed by atoms with Crippen LogP contribution in [0.2, 0.25) is 0 Å². The number of halogens is 1. The average molecular weight is 156 g/mol. The van der Waals surface area contributed by atoms with E-state index in [0.717, 1.165) is 0 Å². The zero-order valence-electron chi connectivity index (χ0n) is 5.19. The van der Waals surface area contributed by atoms with Gasteiger partial charge in [0.1, 0.15) is 11.5 Å². The van der Waals surface area contributed by atoms with Crippen LogP contribution in [0.15, 0.2) is 6.07 Å². The van der Waals surface area contributed by atoms with E-state index in [0.29, 0.717) is 17.4 Å². The van der Waals surface area contributed by atoms with Crippen LogP contribution in [0.25, 0.3) is 0 Å². The zero-order valence-corrected chi connectivity index (χ0v) is 5.94. The van der Waals surface area contributed by atoms with E-state index in [1.165, 1.54) is 0 Å². The van der Waals surface area contributed by atoms with Gasteiger partial charge in [-0.25, -0.2) is 0 Å². The van der Waals surface area contributed by atoms with Crippen molar-refractivity contribution >= 4 is 17.4 Å². The van der Waals surface area contributed by atoms with Crippen LogP contribution in [0.1, 0.15) is 5.69 Å². The number of anilines is 1. The van der Waals surface area contributed by atoms with Crippen LogP contribution in [0.4, 0.5) is 5.82 Å². The van der Waals surface area contributed by atoms with Gasteiger partial charge in [-0.05, 0) is 5.92 Å². The van der Waals surface area contributed by atoms with Crippen molar-refractivity contribution < 1.29 is 0 Å². The topological polar surface area (TPSA) is 54.7 Å². The number of H-pyrrole nitrogens is 1. The summed E-state index contributed by atoms with van der Waals surface area (Å²) in [6.07, 6.45) is 0. The SMILES string of the molecule is Nc1cc(C#CCCl)[nH]n1. The molecule has 0 unspecified atom stereocenters. The minimum atomic E-state index is 0.318. The predicted octanol–water partition coefficient (Wildman–Crippen LogP) is 0.582. The van der Waals surface area contributed by atoms with E-state index in [-0.39, 0.29) is 0 Å². The fourth-order valence-corrected chi connectivity index (χ4v) is 0.597. The lowest BCUT2D eigenvalue weighted by atomic mass is 10.4. The number of rotatable bonds is 0. The van der Waals surface area contributed by atoms with E-state index in [1.54, 1.807) is 6.07 Å². The summed E-state index contributed by atoms with van der Waals surface area (Å²) in [5.41, 5.74) is 6.00. The Balaban J connectivity index is 2.76. The van der Waals surface area contributed by atoms with Crippen LogP contribution in [-0.4, -0.2) is 16.1 Å². The molecule has 1 aromatic rings. The molecule has 0 fully saturated rings. The summed E-state index contributed by atoms with van der Waals surface area (Å²) in [7, 11) is 0. The largest absolute Gasteiger partial charge is 0.382 e. The molecular formula is C6H6ClN3. The normalized spacial score (nSPS) is 8.50. The molecule has 3 N–H and O–H groups in total. The van der Waals surface area contributed by atoms with E-state index in [9.17, 15) is 0 Å². The summed E-state index contributed by atoms with van der Waals surface area (Å²) in [4.78, 5) is 0. The monoisotopic (exact) mass is 155 g/mol. The first kappa shape index (κ1) is 6.97. The Labute approximate surface area is 63.6 Å². The third-order valence-corrected chi connectivity index (χ3v) is 1.02. The Morgan fingerprint density at radius 2 is 2.60 bits per heavy atom. The second-order valence-corrected chi connectivity index (χ2v) is 1.91. The van der Waals surface area contributed by atoms with Gasteiger partial charge in [0.05, 0.1) is 5.88 Å². The fourth-order valence-electron chi connectivity index (χ4n) is 0.530. The van der Waals surface area contributed by atoms with Crippen LogP contribution in [-0.2, 0) is 0 Å². The highest BCUT2D eigenvalue weighted by atomic mass is 35.5. The summed E-state index contributed by atoms with van der Waals surface area (Å²) in [5, 5.41) is 6.31. The standard InChI is InChI=1S/C6H6ClN3/c7-3-1-2-5-4-6(8)10-9-5/h4H,3H2,(H3,8,9,10). The maximum atomic E-state index is 5.32. The third-order valence-electron chi connectivity index (χ3n) is 0.888. The molecule has 0 aliphatic carbocycles. The van der Waals surface area contributed by atoms with Crippen LogP contribution in [0, 0.1) is 11.8 Å². The summed E-state index contributed by atoms with van der Waals surface area (Å²) < 4.78 is 0. The fraction of sp³-hybridized carbons (Fsp3) is 0.167. The molecule has 0 aromatic carbocycles. The molecule has 3 nitrogen and oxygen atoms in total. The van der Waals surface area contributed by atoms with E-state index in [1.807, 2.05) is 0 Å². The van der Waals surface area contributed by atoms with Gasteiger partial charge in [0.25, 0.3) is 0 Å². The molecule has 52 valence electrons. The molecule has 0 saturated carbocycles. The maximum absolute atomic E-state index is 5.32. The van der Waals surface area contributed by atoms with Crippen molar-refractivity contribution in [1.29, 1.82) is 0 Å². The molecule has 0 spiro atoms. The lowest BCUT2D eigenvalue weighted by Crippen LogP contribution is -1.81. The van der Waals surface area contributed by atoms with Gasteiger partial charge in [-0.2, -0.15) is 5.10 Å². The van der Waals surface area contributed by atoms with Crippen LogP contribution < -0.4 is 5.73 Å². The Kier molecular flexibility index (Phi) is 2.19. The highest BCUT2D eigenvalue weighted by Gasteiger charge is 1.89. The molecule has 0 amide bonds. The van der Waals surface area contributed by atoms with Gasteiger partial charge in [-0.3, -0.25) is 5.10 Å². The summed E-state index contributed by atoms with van der Waals surface area (Å²) in [6, 6.07) is 1.65. The number of alkyl halides is 1. The van der Waals surface area contributed by atoms with E-state index >= 15 is 0 Å². The lowest BCUT2D eigenvalue weighted by molar-refractivity contribution is 1.08. The highest BCUT2D eigenvalue weighted by molar-refractivity contribution is 6.19. The molecule has 4 heteroatoms. The highest BCUT2D eigenvalue weighted by Crippen LogP contribution is 1.96. The van der Waals surface area contributed by atoms with Gasteiger partial charge in [-0.1, -0.05) is 5.92 Å². The summed E-state index contributed by atoms with van der Waals surface area (Å²) >= 11 is 5.32. The first-order valence-corrected chi connectivity index (χ1v) is 3.22. The van der Waals surface area contributed by atoms with Gasteiger partial charge < -0.3 is 5.73 Å². The second-order valence-electron chi connectivity index (χ2n) is 1.64. The first-order valence-electron chi connectivity index (χ1n) is 2.68. The zero-order chi connectivity index (χ0) is 7.40. The number of nitrogens with zero attached hydrogens (tertiary/aromatic N) is 1. The molecule has 1 rings (SSSR count). The van der Waals surface area contributed by atoms with Crippen LogP contribution in [0.3, 0.4) is 0 Å². The predicted molar refractivity (Wildman–Crippen MR) is 40.6 cm³/mol. The summed E-state index contributed by atoms with van der Waals surface area (Å²) in [6.45, 7) is 0. The Morgan fingerprint density at radius 3 is 3.10 bits per heavy atom. The molecular weight excluding hydrogens is 150 g/mol. The molecule has 10 heavy (non-hydrogen) atoms. The minimum Gasteiger partial charge on any atom is -0.382 e. The van der Waals surface area contributed by atoms with E-state index < -0.39 is 0 Å². The number of aromatic amines is 1. The van der Waals surface area contributed by atoms with Gasteiger partial charge in [0.2, 0.25) is 0 Å². The molecule has 1 aromatic heterocycles. The van der Waals surface area contributed by atoms with Crippen LogP contribution >= 0.6 is 11.6 Å². The van der Waals surface area contributed by atoms with Gasteiger partial charge >= 0.3 is 0 Å². The number of hydrogen-bond acceptors (Lipinski definition) is 2. The van der Waals surface area contributed by atoms with Gasteiger partial charge in [-0.15, -0.1) is 11.6 Å². The van der Waals surface area contributed by atoms with Crippen molar-refractivity contribution in [2.75, 3.05) is 11.6 Å². The first-order chi connectivity index (χ1) is 4.83. The molecule has 0 saturated heterocycles. The van der Waals surface area contributed by atoms with Crippen molar-refractivity contribution in [3.8, 4) is 11.8 Å². The van der Waals surface area contributed by atoms with Crippen molar-refractivity contribution in [3.63, 3.8) is 0 Å². The molecule has 0 atom stereocenters. The van der Waals surface area contributed by atoms with Crippen molar-refractivity contribution in [2.24, 2.45) is 0 Å². The van der Waals surface area contributed by atoms with Crippen molar-refractivity contribution in [1.82, 2.24) is 10.2 Å². The number of nitrogens with one attached hydrogen (secondary N) is 1. The van der Waals surface area contributed by atoms with Gasteiger partial charge in [0.15, 0.2) is 0 Å². The van der Waals surface area contributed by atoms with Crippen molar-refractivity contribution in [3.05, 3.63) is 11.8 Å². The molecule has 0 aliphatic heterocycles. The second kappa shape index (κ2) is 3.14. The van der Waals surface area contributed by atoms with Gasteiger partial charge in [0, 0.05) is 6.07 Å². The molecule has 1 heterocycles.